The summed E-state index contributed by atoms with van der Waals surface area (Å²) in [5.74, 6) is -0.284. The largest absolute Gasteiger partial charge is 0.375 e. The van der Waals surface area contributed by atoms with Gasteiger partial charge in [-0.1, -0.05) is 23.2 Å². The number of amides is 1. The number of halogens is 2. The van der Waals surface area contributed by atoms with Crippen LogP contribution in [0.25, 0.3) is 10.9 Å². The van der Waals surface area contributed by atoms with Gasteiger partial charge in [-0.25, -0.2) is 0 Å². The molecule has 0 bridgehead atoms. The molecule has 10 heteroatoms. The summed E-state index contributed by atoms with van der Waals surface area (Å²) in [5, 5.41) is 11.3. The number of carbonyl (C=O) groups excluding carboxylic acids is 1. The predicted molar refractivity (Wildman–Crippen MR) is 92.1 cm³/mol. The Morgan fingerprint density at radius 1 is 1.48 bits per heavy atom. The van der Waals surface area contributed by atoms with E-state index in [0.29, 0.717) is 16.5 Å². The summed E-state index contributed by atoms with van der Waals surface area (Å²) in [7, 11) is 1.40. The maximum Gasteiger partial charge on any atom is 0.290 e. The Morgan fingerprint density at radius 3 is 2.76 bits per heavy atom. The van der Waals surface area contributed by atoms with Crippen LogP contribution in [0.5, 0.6) is 0 Å². The summed E-state index contributed by atoms with van der Waals surface area (Å²) >= 11 is 12.1. The summed E-state index contributed by atoms with van der Waals surface area (Å²) in [6, 6.07) is 0.818. The first-order valence-corrected chi connectivity index (χ1v) is 8.03. The van der Waals surface area contributed by atoms with E-state index < -0.39 is 16.5 Å². The highest BCUT2D eigenvalue weighted by molar-refractivity contribution is 6.46. The van der Waals surface area contributed by atoms with Gasteiger partial charge < -0.3 is 14.6 Å². The van der Waals surface area contributed by atoms with Crippen LogP contribution < -0.4 is 5.56 Å². The van der Waals surface area contributed by atoms with Gasteiger partial charge in [0.25, 0.3) is 11.2 Å². The monoisotopic (exact) mass is 385 g/mol. The number of aromatic nitrogens is 1. The lowest BCUT2D eigenvalue weighted by atomic mass is 10.0. The van der Waals surface area contributed by atoms with E-state index in [1.807, 2.05) is 0 Å². The molecular weight excluding hydrogens is 373 g/mol. The summed E-state index contributed by atoms with van der Waals surface area (Å²) < 4.78 is 4.86. The van der Waals surface area contributed by atoms with Gasteiger partial charge in [0, 0.05) is 24.1 Å². The molecule has 25 heavy (non-hydrogen) atoms. The number of rotatable bonds is 3. The molecule has 132 valence electrons. The number of pyridine rings is 1. The number of nitro benzene ring substituents is 1. The van der Waals surface area contributed by atoms with Crippen molar-refractivity contribution >= 4 is 45.7 Å². The lowest BCUT2D eigenvalue weighted by Gasteiger charge is -2.21. The van der Waals surface area contributed by atoms with Crippen LogP contribution in [0.2, 0.25) is 10.0 Å². The predicted octanol–water partition coefficient (Wildman–Crippen LogP) is 2.79. The van der Waals surface area contributed by atoms with Gasteiger partial charge in [-0.2, -0.15) is 0 Å². The summed E-state index contributed by atoms with van der Waals surface area (Å²) in [6.45, 7) is 1.71. The second-order valence-electron chi connectivity index (χ2n) is 5.68. The van der Waals surface area contributed by atoms with E-state index in [4.69, 9.17) is 27.9 Å². The number of methoxy groups -OCH3 is 1. The quantitative estimate of drug-likeness (QED) is 0.645. The zero-order valence-corrected chi connectivity index (χ0v) is 14.8. The van der Waals surface area contributed by atoms with E-state index in [-0.39, 0.29) is 40.3 Å². The molecule has 0 fully saturated rings. The van der Waals surface area contributed by atoms with Crippen LogP contribution in [0.3, 0.4) is 0 Å². The molecule has 1 amide bonds. The number of benzene rings is 1. The van der Waals surface area contributed by atoms with Crippen molar-refractivity contribution in [2.75, 3.05) is 13.7 Å². The molecule has 1 aliphatic heterocycles. The Labute approximate surface area is 151 Å². The molecule has 1 aliphatic rings. The van der Waals surface area contributed by atoms with Gasteiger partial charge in [0.1, 0.15) is 11.6 Å². The first kappa shape index (κ1) is 17.7. The number of nitrogens with one attached hydrogen (secondary N) is 1. The molecule has 1 atom stereocenters. The maximum absolute atomic E-state index is 12.4. The Kier molecular flexibility index (Phi) is 4.44. The molecule has 0 unspecified atom stereocenters. The van der Waals surface area contributed by atoms with E-state index in [0.717, 1.165) is 0 Å². The van der Waals surface area contributed by atoms with Crippen LogP contribution >= 0.6 is 23.2 Å². The topological polar surface area (TPSA) is 106 Å². The fraction of sp³-hybridized carbons (Fsp3) is 0.333. The van der Waals surface area contributed by atoms with Gasteiger partial charge >= 0.3 is 0 Å². The smallest absolute Gasteiger partial charge is 0.290 e. The van der Waals surface area contributed by atoms with Gasteiger partial charge in [-0.3, -0.25) is 19.7 Å². The highest BCUT2D eigenvalue weighted by atomic mass is 35.5. The molecule has 1 aromatic heterocycles. The van der Waals surface area contributed by atoms with Crippen molar-refractivity contribution in [3.05, 3.63) is 47.7 Å². The molecule has 0 radical (unpaired) electrons. The van der Waals surface area contributed by atoms with Crippen molar-refractivity contribution in [2.24, 2.45) is 0 Å². The van der Waals surface area contributed by atoms with Gasteiger partial charge in [0.2, 0.25) is 5.91 Å². The fourth-order valence-electron chi connectivity index (χ4n) is 3.16. The third-order valence-electron chi connectivity index (χ3n) is 4.31. The van der Waals surface area contributed by atoms with Crippen LogP contribution in [-0.4, -0.2) is 34.4 Å². The Hall–Kier alpha value is -2.16. The number of nitro groups is 1. The highest BCUT2D eigenvalue weighted by Gasteiger charge is 2.35. The van der Waals surface area contributed by atoms with Crippen molar-refractivity contribution in [2.45, 2.75) is 19.5 Å². The SMILES string of the molecule is COCC(=O)N1Cc2c(c3cc([N+](=O)[O-])c(Cl)c(Cl)c3[nH]c2=O)[C@@H]1C. The second kappa shape index (κ2) is 6.29. The average molecular weight is 386 g/mol. The molecule has 1 aromatic carbocycles. The fourth-order valence-corrected chi connectivity index (χ4v) is 3.63. The first-order valence-electron chi connectivity index (χ1n) is 7.27. The van der Waals surface area contributed by atoms with Gasteiger partial charge in [-0.15, -0.1) is 0 Å². The van der Waals surface area contributed by atoms with Crippen LogP contribution in [0.15, 0.2) is 10.9 Å². The number of fused-ring (bicyclic) bond motifs is 3. The van der Waals surface area contributed by atoms with Crippen LogP contribution in [-0.2, 0) is 16.1 Å². The summed E-state index contributed by atoms with van der Waals surface area (Å²) in [5.41, 5.74) is 0.354. The molecular formula is C15H13Cl2N3O5. The molecule has 2 aromatic rings. The minimum Gasteiger partial charge on any atom is -0.375 e. The van der Waals surface area contributed by atoms with Crippen molar-refractivity contribution in [3.63, 3.8) is 0 Å². The maximum atomic E-state index is 12.4. The normalized spacial score (nSPS) is 16.3. The average Bonchev–Trinajstić information content (AvgIpc) is 2.90. The minimum atomic E-state index is -0.640. The molecule has 0 saturated heterocycles. The minimum absolute atomic E-state index is 0.0952. The standard InChI is InChI=1S/C15H13Cl2N3O5/c1-6-11-7-3-9(20(23)24)12(16)13(17)14(7)18-15(22)8(11)4-19(6)10(21)5-25-2/h3,6H,4-5H2,1-2H3,(H,18,22)/t6-/m0/s1. The van der Waals surface area contributed by atoms with E-state index in [2.05, 4.69) is 4.98 Å². The molecule has 0 aliphatic carbocycles. The van der Waals surface area contributed by atoms with Crippen LogP contribution in [0.1, 0.15) is 24.1 Å². The Bertz CT molecular complexity index is 972. The Morgan fingerprint density at radius 2 is 2.16 bits per heavy atom. The molecule has 0 saturated carbocycles. The molecule has 2 heterocycles. The van der Waals surface area contributed by atoms with Gasteiger partial charge in [0.05, 0.1) is 28.0 Å². The third-order valence-corrected chi connectivity index (χ3v) is 5.17. The number of H-pyrrole nitrogens is 1. The Balaban J connectivity index is 2.30. The number of nitrogens with zero attached hydrogens (tertiary/aromatic N) is 2. The molecule has 3 rings (SSSR count). The summed E-state index contributed by atoms with van der Waals surface area (Å²) in [6.07, 6.45) is 0. The van der Waals surface area contributed by atoms with Gasteiger partial charge in [0.15, 0.2) is 0 Å². The van der Waals surface area contributed by atoms with E-state index in [9.17, 15) is 19.7 Å². The van der Waals surface area contributed by atoms with Gasteiger partial charge in [-0.05, 0) is 12.5 Å². The van der Waals surface area contributed by atoms with Crippen LogP contribution in [0, 0.1) is 10.1 Å². The van der Waals surface area contributed by atoms with E-state index >= 15 is 0 Å². The summed E-state index contributed by atoms with van der Waals surface area (Å²) in [4.78, 5) is 39.3. The first-order chi connectivity index (χ1) is 11.8. The number of hydrogen-bond donors (Lipinski definition) is 1. The number of ether oxygens (including phenoxy) is 1. The zero-order chi connectivity index (χ0) is 18.5. The lowest BCUT2D eigenvalue weighted by molar-refractivity contribution is -0.384. The highest BCUT2D eigenvalue weighted by Crippen LogP contribution is 2.42. The zero-order valence-electron chi connectivity index (χ0n) is 13.3. The number of aromatic amines is 1. The van der Waals surface area contributed by atoms with E-state index in [1.165, 1.54) is 18.1 Å². The molecule has 1 N–H and O–H groups in total. The molecule has 8 nitrogen and oxygen atoms in total. The van der Waals surface area contributed by atoms with E-state index in [1.54, 1.807) is 6.92 Å². The molecule has 0 spiro atoms. The van der Waals surface area contributed by atoms with Crippen molar-refractivity contribution in [1.82, 2.24) is 9.88 Å². The lowest BCUT2D eigenvalue weighted by Crippen LogP contribution is -2.31. The van der Waals surface area contributed by atoms with Crippen LogP contribution in [0.4, 0.5) is 5.69 Å². The number of hydrogen-bond acceptors (Lipinski definition) is 5. The third kappa shape index (κ3) is 2.66. The van der Waals surface area contributed by atoms with Crippen molar-refractivity contribution < 1.29 is 14.5 Å². The number of carbonyl (C=O) groups is 1. The second-order valence-corrected chi connectivity index (χ2v) is 6.44. The van der Waals surface area contributed by atoms with Crippen molar-refractivity contribution in [3.8, 4) is 0 Å². The van der Waals surface area contributed by atoms with Crippen molar-refractivity contribution in [1.29, 1.82) is 0 Å².